The van der Waals surface area contributed by atoms with Crippen LogP contribution >= 0.6 is 0 Å². The topological polar surface area (TPSA) is 29.5 Å². The van der Waals surface area contributed by atoms with Crippen LogP contribution < -0.4 is 4.74 Å². The van der Waals surface area contributed by atoms with Crippen molar-refractivity contribution >= 4 is 0 Å². The molecule has 1 aromatic rings. The molecule has 1 aliphatic rings. The molecule has 1 aliphatic heterocycles. The number of aliphatic hydroxyl groups is 1. The van der Waals surface area contributed by atoms with Crippen LogP contribution in [0.3, 0.4) is 0 Å². The van der Waals surface area contributed by atoms with Crippen LogP contribution in [0, 0.1) is 11.6 Å². The number of rotatable bonds is 1. The summed E-state index contributed by atoms with van der Waals surface area (Å²) in [5.41, 5.74) is -1.45. The molecular weight excluding hydrogens is 202 g/mol. The van der Waals surface area contributed by atoms with Crippen molar-refractivity contribution < 1.29 is 18.6 Å². The van der Waals surface area contributed by atoms with Gasteiger partial charge in [-0.15, -0.1) is 0 Å². The Balaban J connectivity index is 2.67. The molecule has 0 fully saturated rings. The quantitative estimate of drug-likeness (QED) is 0.776. The van der Waals surface area contributed by atoms with E-state index in [4.69, 9.17) is 4.74 Å². The fraction of sp³-hybridized carbons (Fsp3) is 0.455. The normalized spacial score (nSPS) is 15.0. The maximum atomic E-state index is 13.9. The molecule has 4 heteroatoms. The van der Waals surface area contributed by atoms with Crippen molar-refractivity contribution in [2.45, 2.75) is 25.9 Å². The number of benzene rings is 1. The van der Waals surface area contributed by atoms with Gasteiger partial charge in [-0.1, -0.05) is 0 Å². The molecule has 0 aromatic heterocycles. The Morgan fingerprint density at radius 3 is 2.67 bits per heavy atom. The van der Waals surface area contributed by atoms with Crippen molar-refractivity contribution in [2.75, 3.05) is 6.61 Å². The Bertz CT molecular complexity index is 408. The van der Waals surface area contributed by atoms with Crippen LogP contribution in [0.4, 0.5) is 8.78 Å². The van der Waals surface area contributed by atoms with E-state index < -0.39 is 17.2 Å². The highest BCUT2D eigenvalue weighted by Crippen LogP contribution is 2.35. The van der Waals surface area contributed by atoms with Gasteiger partial charge in [0.15, 0.2) is 0 Å². The van der Waals surface area contributed by atoms with Crippen LogP contribution in [-0.4, -0.2) is 11.7 Å². The minimum atomic E-state index is -1.52. The van der Waals surface area contributed by atoms with Gasteiger partial charge in [-0.25, -0.2) is 8.78 Å². The van der Waals surface area contributed by atoms with E-state index in [0.29, 0.717) is 18.6 Å². The third-order valence-corrected chi connectivity index (χ3v) is 2.50. The van der Waals surface area contributed by atoms with Gasteiger partial charge in [-0.2, -0.15) is 0 Å². The van der Waals surface area contributed by atoms with Crippen LogP contribution in [0.2, 0.25) is 0 Å². The van der Waals surface area contributed by atoms with Crippen LogP contribution in [0.15, 0.2) is 6.07 Å². The number of hydrogen-bond acceptors (Lipinski definition) is 2. The van der Waals surface area contributed by atoms with Crippen LogP contribution in [0.5, 0.6) is 5.75 Å². The number of hydrogen-bond donors (Lipinski definition) is 1. The number of fused-ring (bicyclic) bond motifs is 1. The highest BCUT2D eigenvalue weighted by Gasteiger charge is 2.30. The average Bonchev–Trinajstić information content (AvgIpc) is 2.48. The van der Waals surface area contributed by atoms with Crippen LogP contribution in [0.1, 0.15) is 25.0 Å². The molecule has 1 heterocycles. The third kappa shape index (κ3) is 1.59. The van der Waals surface area contributed by atoms with E-state index in [1.807, 2.05) is 0 Å². The third-order valence-electron chi connectivity index (χ3n) is 2.50. The SMILES string of the molecule is CC(C)(O)c1c(F)cc2c(c1F)CCO2. The van der Waals surface area contributed by atoms with Crippen molar-refractivity contribution in [1.82, 2.24) is 0 Å². The lowest BCUT2D eigenvalue weighted by molar-refractivity contribution is 0.0700. The van der Waals surface area contributed by atoms with Crippen LogP contribution in [-0.2, 0) is 12.0 Å². The summed E-state index contributed by atoms with van der Waals surface area (Å²) in [5.74, 6) is -1.20. The molecule has 2 rings (SSSR count). The molecule has 1 aromatic carbocycles. The van der Waals surface area contributed by atoms with Gasteiger partial charge >= 0.3 is 0 Å². The predicted octanol–water partition coefficient (Wildman–Crippen LogP) is 2.13. The predicted molar refractivity (Wildman–Crippen MR) is 50.8 cm³/mol. The van der Waals surface area contributed by atoms with Gasteiger partial charge < -0.3 is 9.84 Å². The fourth-order valence-corrected chi connectivity index (χ4v) is 1.82. The first-order valence-electron chi connectivity index (χ1n) is 4.78. The van der Waals surface area contributed by atoms with Gasteiger partial charge in [-0.3, -0.25) is 0 Å². The molecule has 82 valence electrons. The molecule has 0 saturated heterocycles. The zero-order chi connectivity index (χ0) is 11.2. The van der Waals surface area contributed by atoms with Gasteiger partial charge in [0.25, 0.3) is 0 Å². The fourth-order valence-electron chi connectivity index (χ4n) is 1.82. The molecule has 1 N–H and O–H groups in total. The molecule has 0 bridgehead atoms. The molecule has 0 aliphatic carbocycles. The smallest absolute Gasteiger partial charge is 0.139 e. The summed E-state index contributed by atoms with van der Waals surface area (Å²) in [6, 6.07) is 1.14. The molecule has 2 nitrogen and oxygen atoms in total. The average molecular weight is 214 g/mol. The lowest BCUT2D eigenvalue weighted by Crippen LogP contribution is -2.20. The minimum absolute atomic E-state index is 0.248. The Morgan fingerprint density at radius 2 is 2.07 bits per heavy atom. The Labute approximate surface area is 86.5 Å². The largest absolute Gasteiger partial charge is 0.493 e. The molecule has 0 radical (unpaired) electrons. The Morgan fingerprint density at radius 1 is 1.40 bits per heavy atom. The monoisotopic (exact) mass is 214 g/mol. The molecule has 0 unspecified atom stereocenters. The molecule has 15 heavy (non-hydrogen) atoms. The summed E-state index contributed by atoms with van der Waals surface area (Å²) in [4.78, 5) is 0. The Hall–Kier alpha value is -1.16. The second kappa shape index (κ2) is 3.17. The molecule has 0 saturated carbocycles. The second-order valence-electron chi connectivity index (χ2n) is 4.18. The van der Waals surface area contributed by atoms with E-state index in [0.717, 1.165) is 6.07 Å². The first-order valence-corrected chi connectivity index (χ1v) is 4.78. The summed E-state index contributed by atoms with van der Waals surface area (Å²) in [6.45, 7) is 3.08. The number of ether oxygens (including phenoxy) is 1. The van der Waals surface area contributed by atoms with Gasteiger partial charge in [0, 0.05) is 18.1 Å². The van der Waals surface area contributed by atoms with E-state index in [2.05, 4.69) is 0 Å². The van der Waals surface area contributed by atoms with Gasteiger partial charge in [0.05, 0.1) is 17.8 Å². The summed E-state index contributed by atoms with van der Waals surface area (Å²) in [6.07, 6.45) is 0.421. The molecular formula is C11H12F2O2. The van der Waals surface area contributed by atoms with E-state index in [9.17, 15) is 13.9 Å². The minimum Gasteiger partial charge on any atom is -0.493 e. The summed E-state index contributed by atoms with van der Waals surface area (Å²) in [7, 11) is 0. The van der Waals surface area contributed by atoms with Crippen LogP contribution in [0.25, 0.3) is 0 Å². The standard InChI is InChI=1S/C11H12F2O2/c1-11(2,14)9-7(12)5-8-6(10(9)13)3-4-15-8/h5,14H,3-4H2,1-2H3. The van der Waals surface area contributed by atoms with Crippen molar-refractivity contribution in [2.24, 2.45) is 0 Å². The highest BCUT2D eigenvalue weighted by atomic mass is 19.1. The second-order valence-corrected chi connectivity index (χ2v) is 4.18. The maximum Gasteiger partial charge on any atom is 0.139 e. The zero-order valence-corrected chi connectivity index (χ0v) is 8.60. The molecule has 0 amide bonds. The number of halogens is 2. The highest BCUT2D eigenvalue weighted by molar-refractivity contribution is 5.43. The van der Waals surface area contributed by atoms with E-state index in [1.54, 1.807) is 0 Å². The molecule has 0 spiro atoms. The van der Waals surface area contributed by atoms with Crippen molar-refractivity contribution in [3.63, 3.8) is 0 Å². The van der Waals surface area contributed by atoms with Gasteiger partial charge in [-0.05, 0) is 13.8 Å². The van der Waals surface area contributed by atoms with Crippen molar-refractivity contribution in [3.8, 4) is 5.75 Å². The Kier molecular flexibility index (Phi) is 2.19. The van der Waals surface area contributed by atoms with E-state index >= 15 is 0 Å². The lowest BCUT2D eigenvalue weighted by atomic mass is 9.94. The first-order chi connectivity index (χ1) is 6.91. The summed E-state index contributed by atoms with van der Waals surface area (Å²) < 4.78 is 32.4. The van der Waals surface area contributed by atoms with Crippen molar-refractivity contribution in [1.29, 1.82) is 0 Å². The lowest BCUT2D eigenvalue weighted by Gasteiger charge is -2.20. The molecule has 0 atom stereocenters. The van der Waals surface area contributed by atoms with E-state index in [-0.39, 0.29) is 11.3 Å². The summed E-state index contributed by atoms with van der Waals surface area (Å²) >= 11 is 0. The summed E-state index contributed by atoms with van der Waals surface area (Å²) in [5, 5.41) is 9.66. The zero-order valence-electron chi connectivity index (χ0n) is 8.60. The van der Waals surface area contributed by atoms with Gasteiger partial charge in [0.1, 0.15) is 17.4 Å². The van der Waals surface area contributed by atoms with Gasteiger partial charge in [0.2, 0.25) is 0 Å². The van der Waals surface area contributed by atoms with E-state index in [1.165, 1.54) is 13.8 Å². The van der Waals surface area contributed by atoms with Crippen molar-refractivity contribution in [3.05, 3.63) is 28.8 Å². The maximum absolute atomic E-state index is 13.9. The first kappa shape index (κ1) is 10.4.